The second-order valence-corrected chi connectivity index (χ2v) is 3.02. The minimum Gasteiger partial charge on any atom is -0.314 e. The lowest BCUT2D eigenvalue weighted by molar-refractivity contribution is -0.0553. The summed E-state index contributed by atoms with van der Waals surface area (Å²) in [6.45, 7) is 6.58. The third-order valence-corrected chi connectivity index (χ3v) is 2.20. The molecule has 0 aromatic carbocycles. The average Bonchev–Trinajstić information content (AvgIpc) is 2.58. The highest BCUT2D eigenvalue weighted by atomic mass is 15.8. The van der Waals surface area contributed by atoms with Crippen molar-refractivity contribution in [3.05, 3.63) is 0 Å². The summed E-state index contributed by atoms with van der Waals surface area (Å²) in [6, 6.07) is 0. The highest BCUT2D eigenvalue weighted by Crippen LogP contribution is 2.04. The highest BCUT2D eigenvalue weighted by Gasteiger charge is 2.21. The van der Waals surface area contributed by atoms with Crippen LogP contribution in [0.5, 0.6) is 0 Å². The number of hydrogen-bond donors (Lipinski definition) is 1. The molecule has 1 radical (unpaired) electrons. The van der Waals surface area contributed by atoms with E-state index in [-0.39, 0.29) is 0 Å². The molecule has 0 aromatic heterocycles. The van der Waals surface area contributed by atoms with Gasteiger partial charge in [-0.25, -0.2) is 5.01 Å². The first-order valence-corrected chi connectivity index (χ1v) is 4.37. The molecule has 1 N–H and O–H groups in total. The number of piperazine rings is 1. The van der Waals surface area contributed by atoms with Crippen LogP contribution >= 0.6 is 0 Å². The molecule has 0 aliphatic carbocycles. The second-order valence-electron chi connectivity index (χ2n) is 3.02. The van der Waals surface area contributed by atoms with Crippen molar-refractivity contribution in [1.29, 1.82) is 0 Å². The van der Waals surface area contributed by atoms with Crippen LogP contribution in [0.4, 0.5) is 0 Å². The van der Waals surface area contributed by atoms with Crippen molar-refractivity contribution >= 4 is 0 Å². The quantitative estimate of drug-likeness (QED) is 0.529. The summed E-state index contributed by atoms with van der Waals surface area (Å²) in [6.07, 6.45) is 1.23. The maximum absolute atomic E-state index is 4.39. The lowest BCUT2D eigenvalue weighted by atomic mass is 10.4. The first kappa shape index (κ1) is 7.49. The SMILES string of the molecule is C1C[N]N(N2CCNCC2)C1. The van der Waals surface area contributed by atoms with Crippen molar-refractivity contribution in [3.8, 4) is 0 Å². The average molecular weight is 155 g/mol. The Kier molecular flexibility index (Phi) is 2.38. The van der Waals surface area contributed by atoms with E-state index in [1.54, 1.807) is 0 Å². The highest BCUT2D eigenvalue weighted by molar-refractivity contribution is 4.67. The fraction of sp³-hybridized carbons (Fsp3) is 1.00. The zero-order valence-electron chi connectivity index (χ0n) is 6.79. The molecule has 0 bridgehead atoms. The maximum atomic E-state index is 4.39. The van der Waals surface area contributed by atoms with E-state index in [9.17, 15) is 0 Å². The van der Waals surface area contributed by atoms with Gasteiger partial charge in [-0.15, -0.1) is 5.43 Å². The summed E-state index contributed by atoms with van der Waals surface area (Å²) in [4.78, 5) is 0. The molecule has 0 atom stereocenters. The van der Waals surface area contributed by atoms with E-state index in [1.807, 2.05) is 0 Å². The number of rotatable bonds is 1. The Bertz CT molecular complexity index is 116. The van der Waals surface area contributed by atoms with E-state index >= 15 is 0 Å². The molecule has 2 heterocycles. The summed E-state index contributed by atoms with van der Waals surface area (Å²) in [7, 11) is 0. The molecule has 2 aliphatic rings. The molecule has 2 saturated heterocycles. The summed E-state index contributed by atoms with van der Waals surface area (Å²) in [5.41, 5.74) is 4.39. The van der Waals surface area contributed by atoms with Crippen molar-refractivity contribution in [2.75, 3.05) is 39.3 Å². The van der Waals surface area contributed by atoms with Crippen molar-refractivity contribution in [1.82, 2.24) is 20.9 Å². The fourth-order valence-corrected chi connectivity index (χ4v) is 1.58. The van der Waals surface area contributed by atoms with Gasteiger partial charge in [-0.2, -0.15) is 5.12 Å². The Morgan fingerprint density at radius 1 is 1.09 bits per heavy atom. The van der Waals surface area contributed by atoms with Gasteiger partial charge in [0.05, 0.1) is 0 Å². The summed E-state index contributed by atoms with van der Waals surface area (Å²) in [5, 5.41) is 7.80. The van der Waals surface area contributed by atoms with Crippen LogP contribution in [-0.2, 0) is 0 Å². The standard InChI is InChI=1S/C7H15N4/c1-2-9-11(5-1)10-6-3-8-4-7-10/h8H,1-7H2. The van der Waals surface area contributed by atoms with Crippen molar-refractivity contribution in [2.45, 2.75) is 6.42 Å². The Balaban J connectivity index is 1.82. The first-order chi connectivity index (χ1) is 5.47. The van der Waals surface area contributed by atoms with Crippen LogP contribution < -0.4 is 10.7 Å². The molecule has 0 saturated carbocycles. The molecule has 0 aromatic rings. The van der Waals surface area contributed by atoms with Crippen LogP contribution in [0.2, 0.25) is 0 Å². The molecule has 0 unspecified atom stereocenters. The largest absolute Gasteiger partial charge is 0.314 e. The van der Waals surface area contributed by atoms with Crippen LogP contribution in [0.25, 0.3) is 0 Å². The Hall–Kier alpha value is -0.160. The topological polar surface area (TPSA) is 32.6 Å². The van der Waals surface area contributed by atoms with Gasteiger partial charge in [0.2, 0.25) is 0 Å². The normalized spacial score (nSPS) is 29.5. The van der Waals surface area contributed by atoms with Gasteiger partial charge in [0.1, 0.15) is 0 Å². The lowest BCUT2D eigenvalue weighted by Crippen LogP contribution is -2.52. The maximum Gasteiger partial charge on any atom is 0.0334 e. The van der Waals surface area contributed by atoms with Crippen molar-refractivity contribution in [2.24, 2.45) is 0 Å². The fourth-order valence-electron chi connectivity index (χ4n) is 1.58. The zero-order valence-corrected chi connectivity index (χ0v) is 6.79. The van der Waals surface area contributed by atoms with Gasteiger partial charge in [-0.05, 0) is 6.42 Å². The van der Waals surface area contributed by atoms with Crippen LogP contribution in [0, 0.1) is 0 Å². The van der Waals surface area contributed by atoms with Gasteiger partial charge in [0.15, 0.2) is 0 Å². The number of hydrazine groups is 1. The predicted octanol–water partition coefficient (Wildman–Crippen LogP) is -0.968. The molecule has 2 rings (SSSR count). The van der Waals surface area contributed by atoms with E-state index in [2.05, 4.69) is 20.9 Å². The monoisotopic (exact) mass is 155 g/mol. The van der Waals surface area contributed by atoms with Crippen molar-refractivity contribution < 1.29 is 0 Å². The minimum absolute atomic E-state index is 1.02. The summed E-state index contributed by atoms with van der Waals surface area (Å²) >= 11 is 0. The molecule has 63 valence electrons. The molecule has 4 nitrogen and oxygen atoms in total. The molecular weight excluding hydrogens is 140 g/mol. The van der Waals surface area contributed by atoms with E-state index in [0.717, 1.165) is 39.3 Å². The van der Waals surface area contributed by atoms with Gasteiger partial charge < -0.3 is 5.32 Å². The second kappa shape index (κ2) is 3.49. The van der Waals surface area contributed by atoms with Gasteiger partial charge >= 0.3 is 0 Å². The third kappa shape index (κ3) is 1.70. The Morgan fingerprint density at radius 3 is 2.55 bits per heavy atom. The van der Waals surface area contributed by atoms with Gasteiger partial charge in [0.25, 0.3) is 0 Å². The molecular formula is C7H15N4. The van der Waals surface area contributed by atoms with E-state index in [1.165, 1.54) is 6.42 Å². The molecule has 2 aliphatic heterocycles. The molecule has 0 spiro atoms. The van der Waals surface area contributed by atoms with Crippen LogP contribution in [0.1, 0.15) is 6.42 Å². The first-order valence-electron chi connectivity index (χ1n) is 4.37. The van der Waals surface area contributed by atoms with E-state index < -0.39 is 0 Å². The minimum atomic E-state index is 1.02. The smallest absolute Gasteiger partial charge is 0.0334 e. The van der Waals surface area contributed by atoms with Gasteiger partial charge in [-0.1, -0.05) is 0 Å². The van der Waals surface area contributed by atoms with Crippen LogP contribution in [-0.4, -0.2) is 49.4 Å². The number of nitrogens with zero attached hydrogens (tertiary/aromatic N) is 3. The van der Waals surface area contributed by atoms with E-state index in [0.29, 0.717) is 0 Å². The number of hydrogen-bond acceptors (Lipinski definition) is 3. The predicted molar refractivity (Wildman–Crippen MR) is 42.8 cm³/mol. The zero-order chi connectivity index (χ0) is 7.52. The Morgan fingerprint density at radius 2 is 1.91 bits per heavy atom. The summed E-state index contributed by atoms with van der Waals surface area (Å²) < 4.78 is 0. The molecule has 4 heteroatoms. The van der Waals surface area contributed by atoms with Gasteiger partial charge in [0, 0.05) is 39.3 Å². The van der Waals surface area contributed by atoms with E-state index in [4.69, 9.17) is 0 Å². The lowest BCUT2D eigenvalue weighted by Gasteiger charge is -2.33. The summed E-state index contributed by atoms with van der Waals surface area (Å²) in [5.74, 6) is 0. The number of nitrogens with one attached hydrogen (secondary N) is 1. The molecule has 2 fully saturated rings. The Labute approximate surface area is 67.5 Å². The van der Waals surface area contributed by atoms with Crippen molar-refractivity contribution in [3.63, 3.8) is 0 Å². The van der Waals surface area contributed by atoms with Gasteiger partial charge in [-0.3, -0.25) is 0 Å². The molecule has 0 amide bonds. The molecule has 11 heavy (non-hydrogen) atoms. The van der Waals surface area contributed by atoms with Crippen LogP contribution in [0.15, 0.2) is 0 Å². The third-order valence-electron chi connectivity index (χ3n) is 2.20. The van der Waals surface area contributed by atoms with Crippen LogP contribution in [0.3, 0.4) is 0 Å².